The summed E-state index contributed by atoms with van der Waals surface area (Å²) in [5.74, 6) is 5.40. The Kier molecular flexibility index (Phi) is 5.71. The summed E-state index contributed by atoms with van der Waals surface area (Å²) in [6.07, 6.45) is 17.6. The van der Waals surface area contributed by atoms with Crippen LogP contribution in [0.1, 0.15) is 82.3 Å². The molecule has 7 atom stereocenters. The number of nitrogens with zero attached hydrogens (tertiary/aromatic N) is 4. The molecule has 0 spiro atoms. The van der Waals surface area contributed by atoms with Crippen molar-refractivity contribution in [3.05, 3.63) is 112 Å². The van der Waals surface area contributed by atoms with E-state index in [-0.39, 0.29) is 18.0 Å². The number of fused-ring (bicyclic) bond motifs is 12. The fourth-order valence-corrected chi connectivity index (χ4v) is 10.7. The lowest BCUT2D eigenvalue weighted by Gasteiger charge is -2.45. The highest BCUT2D eigenvalue weighted by Crippen LogP contribution is 2.52. The van der Waals surface area contributed by atoms with Crippen molar-refractivity contribution in [1.82, 2.24) is 14.1 Å². The average Bonchev–Trinajstić information content (AvgIpc) is 3.44. The first kappa shape index (κ1) is 27.8. The zero-order valence-corrected chi connectivity index (χ0v) is 28.5. The number of allylic oxidation sites excluding steroid dienone is 8. The quantitative estimate of drug-likeness (QED) is 0.157. The standard InChI is InChI=1S/C42H45N4O/c1-23-16-17-43-36-21-33-38(15-14-31-30-11-7-8-12-35(30)45(41(31)33)39(43)18-23)47-37-13-9-10-29-20-32(37)42(36)46-28(6)34(22-44(29)46)40-25(3)19-24(2)26(4)27(40)5/h7-16,18,22,25,27,29,32,36,40,42H,17,19-21H2,1-6H3/q+1/t25-,27?,29?,32?,36?,40?,42?/m0/s1. The molecule has 2 aromatic carbocycles. The van der Waals surface area contributed by atoms with E-state index in [0.717, 1.165) is 30.9 Å². The van der Waals surface area contributed by atoms with Gasteiger partial charge < -0.3 is 9.64 Å². The largest absolute Gasteiger partial charge is 0.461 e. The highest BCUT2D eigenvalue weighted by molar-refractivity contribution is 6.12. The van der Waals surface area contributed by atoms with Crippen LogP contribution in [0, 0.1) is 24.7 Å². The highest BCUT2D eigenvalue weighted by atomic mass is 16.5. The van der Waals surface area contributed by atoms with Crippen molar-refractivity contribution >= 4 is 27.6 Å². The smallest absolute Gasteiger partial charge is 0.201 e. The summed E-state index contributed by atoms with van der Waals surface area (Å²) in [5, 5.41) is 2.63. The topological polar surface area (TPSA) is 26.2 Å². The van der Waals surface area contributed by atoms with E-state index in [1.807, 2.05) is 0 Å². The summed E-state index contributed by atoms with van der Waals surface area (Å²) >= 11 is 0. The van der Waals surface area contributed by atoms with E-state index in [4.69, 9.17) is 4.74 Å². The van der Waals surface area contributed by atoms with Crippen LogP contribution in [-0.2, 0) is 6.42 Å². The first-order chi connectivity index (χ1) is 22.8. The third-order valence-electron chi connectivity index (χ3n) is 13.1. The lowest BCUT2D eigenvalue weighted by Crippen LogP contribution is -2.60. The van der Waals surface area contributed by atoms with Gasteiger partial charge in [-0.1, -0.05) is 55.3 Å². The predicted molar refractivity (Wildman–Crippen MR) is 189 cm³/mol. The van der Waals surface area contributed by atoms with E-state index in [0.29, 0.717) is 23.8 Å². The van der Waals surface area contributed by atoms with Gasteiger partial charge in [0.1, 0.15) is 23.4 Å². The van der Waals surface area contributed by atoms with Gasteiger partial charge >= 0.3 is 0 Å². The third kappa shape index (κ3) is 3.63. The second-order valence-electron chi connectivity index (χ2n) is 15.5. The molecule has 0 saturated carbocycles. The molecule has 0 N–H and O–H groups in total. The van der Waals surface area contributed by atoms with E-state index < -0.39 is 0 Å². The second-order valence-corrected chi connectivity index (χ2v) is 15.5. The fourth-order valence-electron chi connectivity index (χ4n) is 10.7. The lowest BCUT2D eigenvalue weighted by molar-refractivity contribution is -0.801. The van der Waals surface area contributed by atoms with E-state index in [1.165, 1.54) is 50.9 Å². The molecule has 0 saturated heterocycles. The zero-order chi connectivity index (χ0) is 31.9. The van der Waals surface area contributed by atoms with Crippen molar-refractivity contribution in [3.8, 4) is 5.75 Å². The first-order valence-corrected chi connectivity index (χ1v) is 17.9. The normalized spacial score (nSPS) is 30.6. The van der Waals surface area contributed by atoms with Crippen LogP contribution in [0.25, 0.3) is 27.6 Å². The van der Waals surface area contributed by atoms with Gasteiger partial charge in [0.15, 0.2) is 6.20 Å². The number of para-hydroxylation sites is 1. The predicted octanol–water partition coefficient (Wildman–Crippen LogP) is 8.92. The highest BCUT2D eigenvalue weighted by Gasteiger charge is 2.53. The van der Waals surface area contributed by atoms with Gasteiger partial charge in [0.05, 0.1) is 28.7 Å². The number of benzene rings is 2. The lowest BCUT2D eigenvalue weighted by atomic mass is 9.68. The SMILES string of the molecule is CC1=CCN2C(=C1)n1c3ccccc3c3ccc4c(c31)CC2C1C2CC(C=CC=C2O4)[n+]2cc(C3C(C)C(C)=C(C)C[C@@H]3C)c(C)n21. The van der Waals surface area contributed by atoms with E-state index in [9.17, 15) is 0 Å². The number of aromatic nitrogens is 3. The van der Waals surface area contributed by atoms with Crippen molar-refractivity contribution in [2.24, 2.45) is 17.8 Å². The van der Waals surface area contributed by atoms with Gasteiger partial charge in [0, 0.05) is 47.2 Å². The van der Waals surface area contributed by atoms with Gasteiger partial charge in [-0.05, 0) is 88.0 Å². The van der Waals surface area contributed by atoms with Crippen LogP contribution in [0.2, 0.25) is 0 Å². The second kappa shape index (κ2) is 9.65. The summed E-state index contributed by atoms with van der Waals surface area (Å²) in [5.41, 5.74) is 11.4. The molecule has 2 aliphatic carbocycles. The Labute approximate surface area is 277 Å². The number of hydrogen-bond donors (Lipinski definition) is 0. The summed E-state index contributed by atoms with van der Waals surface area (Å²) in [4.78, 5) is 2.75. The van der Waals surface area contributed by atoms with Gasteiger partial charge in [-0.15, -0.1) is 4.68 Å². The van der Waals surface area contributed by atoms with Gasteiger partial charge in [-0.25, -0.2) is 0 Å². The van der Waals surface area contributed by atoms with Crippen LogP contribution < -0.4 is 9.42 Å². The van der Waals surface area contributed by atoms with Crippen molar-refractivity contribution in [2.45, 2.75) is 84.8 Å². The molecule has 6 aliphatic rings. The maximum absolute atomic E-state index is 7.14. The first-order valence-electron chi connectivity index (χ1n) is 17.9. The maximum Gasteiger partial charge on any atom is 0.201 e. The van der Waals surface area contributed by atoms with Crippen LogP contribution in [0.4, 0.5) is 0 Å². The van der Waals surface area contributed by atoms with Crippen molar-refractivity contribution in [2.75, 3.05) is 6.54 Å². The molecule has 4 bridgehead atoms. The van der Waals surface area contributed by atoms with Gasteiger partial charge in [0.25, 0.3) is 0 Å². The molecule has 5 nitrogen and oxygen atoms in total. The van der Waals surface area contributed by atoms with E-state index >= 15 is 0 Å². The molecular formula is C42H45N4O+. The van der Waals surface area contributed by atoms with Crippen LogP contribution in [-0.4, -0.2) is 26.7 Å². The third-order valence-corrected chi connectivity index (χ3v) is 13.1. The minimum absolute atomic E-state index is 0.230. The Morgan fingerprint density at radius 2 is 1.81 bits per heavy atom. The minimum Gasteiger partial charge on any atom is -0.461 e. The Morgan fingerprint density at radius 3 is 2.68 bits per heavy atom. The molecule has 2 aromatic heterocycles. The Bertz CT molecular complexity index is 2200. The van der Waals surface area contributed by atoms with Gasteiger partial charge in [-0.3, -0.25) is 4.57 Å². The molecule has 238 valence electrons. The fraction of sp³-hybridized carbons (Fsp3) is 0.405. The van der Waals surface area contributed by atoms with Crippen LogP contribution in [0.15, 0.2) is 95.5 Å². The van der Waals surface area contributed by atoms with Crippen LogP contribution >= 0.6 is 0 Å². The van der Waals surface area contributed by atoms with Crippen molar-refractivity contribution < 1.29 is 9.42 Å². The molecule has 5 heteroatoms. The summed E-state index contributed by atoms with van der Waals surface area (Å²) in [6.45, 7) is 15.3. The van der Waals surface area contributed by atoms with Gasteiger partial charge in [0.2, 0.25) is 6.04 Å². The number of rotatable bonds is 1. The Morgan fingerprint density at radius 1 is 0.957 bits per heavy atom. The summed E-state index contributed by atoms with van der Waals surface area (Å²) in [7, 11) is 0. The van der Waals surface area contributed by atoms with Crippen LogP contribution in [0.5, 0.6) is 5.75 Å². The molecule has 47 heavy (non-hydrogen) atoms. The zero-order valence-electron chi connectivity index (χ0n) is 28.5. The molecule has 0 radical (unpaired) electrons. The van der Waals surface area contributed by atoms with Crippen LogP contribution in [0.3, 0.4) is 0 Å². The molecular weight excluding hydrogens is 576 g/mol. The summed E-state index contributed by atoms with van der Waals surface area (Å²) in [6, 6.07) is 14.3. The Balaban J connectivity index is 1.24. The van der Waals surface area contributed by atoms with Gasteiger partial charge in [-0.2, -0.15) is 4.68 Å². The minimum atomic E-state index is 0.230. The molecule has 0 amide bonds. The molecule has 4 aromatic rings. The van der Waals surface area contributed by atoms with E-state index in [1.54, 1.807) is 16.7 Å². The monoisotopic (exact) mass is 621 g/mol. The number of ether oxygens (including phenoxy) is 1. The maximum atomic E-state index is 7.14. The average molecular weight is 622 g/mol. The molecule has 6 unspecified atom stereocenters. The molecule has 4 aliphatic heterocycles. The molecule has 0 fully saturated rings. The van der Waals surface area contributed by atoms with Crippen molar-refractivity contribution in [3.63, 3.8) is 0 Å². The molecule has 6 heterocycles. The molecule has 10 rings (SSSR count). The summed E-state index contributed by atoms with van der Waals surface area (Å²) < 4.78 is 15.1. The van der Waals surface area contributed by atoms with E-state index in [2.05, 4.69) is 133 Å². The Hall–Kier alpha value is -4.25. The van der Waals surface area contributed by atoms with Crippen molar-refractivity contribution in [1.29, 1.82) is 0 Å². The number of hydrogen-bond acceptors (Lipinski definition) is 2.